The number of benzene rings is 3. The lowest BCUT2D eigenvalue weighted by atomic mass is 9.93. The Morgan fingerprint density at radius 1 is 0.767 bits per heavy atom. The summed E-state index contributed by atoms with van der Waals surface area (Å²) in [5, 5.41) is 19.5. The number of carbonyl (C=O) groups is 1. The average molecular weight is 507 g/mol. The molecule has 3 aromatic rings. The Morgan fingerprint density at radius 3 is 1.87 bits per heavy atom. The van der Waals surface area contributed by atoms with E-state index in [0.717, 1.165) is 0 Å². The largest absolute Gasteiger partial charge is 0.505 e. The van der Waals surface area contributed by atoms with E-state index in [0.29, 0.717) is 16.9 Å². The van der Waals surface area contributed by atoms with Gasteiger partial charge in [0, 0.05) is 5.56 Å². The number of hydrogen-bond acceptors (Lipinski definition) is 4. The van der Waals surface area contributed by atoms with Crippen molar-refractivity contribution in [3.63, 3.8) is 0 Å². The van der Waals surface area contributed by atoms with Crippen molar-refractivity contribution >= 4 is 63.8 Å². The molecule has 0 radical (unpaired) electrons. The summed E-state index contributed by atoms with van der Waals surface area (Å²) in [6.07, 6.45) is -0.0615. The maximum atomic E-state index is 12.0. The molecule has 0 spiro atoms. The Balaban J connectivity index is 0.000000187. The second-order valence-corrected chi connectivity index (χ2v) is 8.16. The molecule has 0 bridgehead atoms. The summed E-state index contributed by atoms with van der Waals surface area (Å²) in [4.78, 5) is 12.0. The van der Waals surface area contributed by atoms with E-state index < -0.39 is 5.79 Å². The molecule has 0 saturated heterocycles. The van der Waals surface area contributed by atoms with E-state index in [1.165, 1.54) is 0 Å². The number of hydrogen-bond donors (Lipinski definition) is 2. The second kappa shape index (κ2) is 9.23. The lowest BCUT2D eigenvalue weighted by Gasteiger charge is -2.33. The number of ether oxygens (including phenoxy) is 1. The normalized spacial score (nSPS) is 17.5. The number of phenols is 1. The van der Waals surface area contributed by atoms with Gasteiger partial charge in [-0.05, 0) is 12.1 Å². The van der Waals surface area contributed by atoms with Gasteiger partial charge in [-0.1, -0.05) is 100 Å². The summed E-state index contributed by atoms with van der Waals surface area (Å²) in [5.41, 5.74) is 1.12. The van der Waals surface area contributed by atoms with Gasteiger partial charge in [0.2, 0.25) is 5.79 Å². The molecule has 0 amide bonds. The van der Waals surface area contributed by atoms with Crippen molar-refractivity contribution < 1.29 is 19.7 Å². The van der Waals surface area contributed by atoms with E-state index in [4.69, 9.17) is 62.7 Å². The first-order valence-electron chi connectivity index (χ1n) is 8.45. The predicted octanol–water partition coefficient (Wildman–Crippen LogP) is 7.16. The standard InChI is InChI=1S/C15H12O3.C6HCl5O/c16-13-10-15(17,11-6-2-1-3-7-11)18-14-9-5-4-8-12(13)14;7-1-2(8)4(10)6(12)5(11)3(1)9/h1-9,17H,10H2;12H. The Labute approximate surface area is 197 Å². The van der Waals surface area contributed by atoms with Crippen molar-refractivity contribution in [3.8, 4) is 11.5 Å². The Kier molecular flexibility index (Phi) is 7.08. The van der Waals surface area contributed by atoms with Crippen molar-refractivity contribution in [3.05, 3.63) is 90.8 Å². The third-order valence-corrected chi connectivity index (χ3v) is 6.53. The fourth-order valence-corrected chi connectivity index (χ4v) is 3.90. The van der Waals surface area contributed by atoms with Crippen LogP contribution in [0.3, 0.4) is 0 Å². The number of halogens is 5. The number of ketones is 1. The summed E-state index contributed by atoms with van der Waals surface area (Å²) in [5.74, 6) is -1.60. The summed E-state index contributed by atoms with van der Waals surface area (Å²) in [7, 11) is 0. The summed E-state index contributed by atoms with van der Waals surface area (Å²) in [6.45, 7) is 0. The van der Waals surface area contributed by atoms with Crippen LogP contribution in [0.2, 0.25) is 25.1 Å². The minimum absolute atomic E-state index is 0.00904. The zero-order valence-electron chi connectivity index (χ0n) is 15.0. The van der Waals surface area contributed by atoms with Gasteiger partial charge in [0.1, 0.15) is 15.8 Å². The van der Waals surface area contributed by atoms with Crippen LogP contribution in [-0.4, -0.2) is 16.0 Å². The Morgan fingerprint density at radius 2 is 1.27 bits per heavy atom. The molecule has 0 aromatic heterocycles. The highest BCUT2D eigenvalue weighted by Crippen LogP contribution is 2.47. The molecule has 1 unspecified atom stereocenters. The maximum Gasteiger partial charge on any atom is 0.242 e. The highest BCUT2D eigenvalue weighted by Gasteiger charge is 2.40. The number of phenolic OH excluding ortho intramolecular Hbond substituents is 1. The lowest BCUT2D eigenvalue weighted by molar-refractivity contribution is -0.147. The fourth-order valence-electron chi connectivity index (χ4n) is 2.77. The molecule has 4 rings (SSSR count). The van der Waals surface area contributed by atoms with Crippen LogP contribution in [0, 0.1) is 0 Å². The summed E-state index contributed by atoms with van der Waals surface area (Å²) >= 11 is 27.9. The van der Waals surface area contributed by atoms with Gasteiger partial charge < -0.3 is 14.9 Å². The molecule has 1 aliphatic heterocycles. The van der Waals surface area contributed by atoms with Gasteiger partial charge in [-0.25, -0.2) is 0 Å². The number of aliphatic hydroxyl groups is 1. The molecule has 1 heterocycles. The van der Waals surface area contributed by atoms with Crippen LogP contribution in [0.15, 0.2) is 54.6 Å². The van der Waals surface area contributed by atoms with Gasteiger partial charge in [0.25, 0.3) is 0 Å². The first-order valence-corrected chi connectivity index (χ1v) is 10.3. The van der Waals surface area contributed by atoms with Crippen LogP contribution < -0.4 is 4.74 Å². The molecule has 3 aromatic carbocycles. The molecule has 0 aliphatic carbocycles. The highest BCUT2D eigenvalue weighted by atomic mass is 35.5. The Hall–Kier alpha value is -1.66. The number of Topliss-reactive ketones (excluding diaryl/α,β-unsaturated/α-hetero) is 1. The number of fused-ring (bicyclic) bond motifs is 1. The minimum atomic E-state index is -1.56. The smallest absolute Gasteiger partial charge is 0.242 e. The van der Waals surface area contributed by atoms with Crippen LogP contribution in [0.25, 0.3) is 0 Å². The first kappa shape index (κ1) is 23.0. The van der Waals surface area contributed by atoms with E-state index in [-0.39, 0.29) is 43.1 Å². The molecule has 4 nitrogen and oxygen atoms in total. The molecule has 156 valence electrons. The maximum absolute atomic E-state index is 12.0. The van der Waals surface area contributed by atoms with E-state index >= 15 is 0 Å². The zero-order chi connectivity index (χ0) is 22.1. The number of carbonyl (C=O) groups excluding carboxylic acids is 1. The van der Waals surface area contributed by atoms with Crippen LogP contribution in [0.1, 0.15) is 22.3 Å². The molecule has 1 atom stereocenters. The predicted molar refractivity (Wildman–Crippen MR) is 120 cm³/mol. The number of para-hydroxylation sites is 1. The molecular weight excluding hydrogens is 493 g/mol. The van der Waals surface area contributed by atoms with Gasteiger partial charge in [-0.2, -0.15) is 0 Å². The summed E-state index contributed by atoms with van der Waals surface area (Å²) < 4.78 is 5.61. The number of aromatic hydroxyl groups is 1. The lowest BCUT2D eigenvalue weighted by Crippen LogP contribution is -2.39. The van der Waals surface area contributed by atoms with Crippen LogP contribution in [-0.2, 0) is 5.79 Å². The topological polar surface area (TPSA) is 66.8 Å². The zero-order valence-corrected chi connectivity index (χ0v) is 18.8. The monoisotopic (exact) mass is 504 g/mol. The molecular formula is C21H13Cl5O4. The van der Waals surface area contributed by atoms with E-state index in [9.17, 15) is 15.0 Å². The fraction of sp³-hybridized carbons (Fsp3) is 0.0952. The molecule has 9 heteroatoms. The van der Waals surface area contributed by atoms with E-state index in [1.807, 2.05) is 18.2 Å². The molecule has 0 saturated carbocycles. The van der Waals surface area contributed by atoms with Gasteiger partial charge in [0.15, 0.2) is 11.5 Å². The minimum Gasteiger partial charge on any atom is -0.505 e. The van der Waals surface area contributed by atoms with Crippen molar-refractivity contribution in [1.82, 2.24) is 0 Å². The van der Waals surface area contributed by atoms with Crippen molar-refractivity contribution in [2.24, 2.45) is 0 Å². The van der Waals surface area contributed by atoms with Crippen LogP contribution >= 0.6 is 58.0 Å². The van der Waals surface area contributed by atoms with Gasteiger partial charge in [-0.15, -0.1) is 0 Å². The van der Waals surface area contributed by atoms with Gasteiger partial charge >= 0.3 is 0 Å². The van der Waals surface area contributed by atoms with Gasteiger partial charge in [-0.3, -0.25) is 4.79 Å². The first-order chi connectivity index (χ1) is 14.2. The van der Waals surface area contributed by atoms with Crippen LogP contribution in [0.5, 0.6) is 11.5 Å². The Bertz CT molecular complexity index is 999. The second-order valence-electron chi connectivity index (χ2n) is 6.27. The molecule has 1 aliphatic rings. The summed E-state index contributed by atoms with van der Waals surface area (Å²) in [6, 6.07) is 15.9. The molecule has 30 heavy (non-hydrogen) atoms. The van der Waals surface area contributed by atoms with Crippen molar-refractivity contribution in [1.29, 1.82) is 0 Å². The highest BCUT2D eigenvalue weighted by molar-refractivity contribution is 6.55. The average Bonchev–Trinajstić information content (AvgIpc) is 2.76. The molecule has 0 fully saturated rings. The third-order valence-electron chi connectivity index (χ3n) is 4.28. The van der Waals surface area contributed by atoms with E-state index in [1.54, 1.807) is 36.4 Å². The third kappa shape index (κ3) is 4.50. The van der Waals surface area contributed by atoms with Crippen molar-refractivity contribution in [2.45, 2.75) is 12.2 Å². The van der Waals surface area contributed by atoms with Crippen molar-refractivity contribution in [2.75, 3.05) is 0 Å². The van der Waals surface area contributed by atoms with Crippen LogP contribution in [0.4, 0.5) is 0 Å². The number of rotatable bonds is 1. The van der Waals surface area contributed by atoms with Gasteiger partial charge in [0.05, 0.1) is 27.1 Å². The SMILES string of the molecule is O=C1CC(O)(c2ccccc2)Oc2ccccc21.Oc1c(Cl)c(Cl)c(Cl)c(Cl)c1Cl. The van der Waals surface area contributed by atoms with E-state index in [2.05, 4.69) is 0 Å². The quantitative estimate of drug-likeness (QED) is 0.272. The molecule has 2 N–H and O–H groups in total.